The van der Waals surface area contributed by atoms with Crippen LogP contribution in [0.5, 0.6) is 0 Å². The zero-order chi connectivity index (χ0) is 23.1. The summed E-state index contributed by atoms with van der Waals surface area (Å²) in [5.41, 5.74) is 6.63. The van der Waals surface area contributed by atoms with Gasteiger partial charge in [-0.3, -0.25) is 9.59 Å². The molecule has 32 heavy (non-hydrogen) atoms. The third-order valence-electron chi connectivity index (χ3n) is 4.74. The molecule has 0 fully saturated rings. The van der Waals surface area contributed by atoms with Crippen LogP contribution in [-0.4, -0.2) is 29.8 Å². The number of hydrogen-bond donors (Lipinski definition) is 2. The Morgan fingerprint density at radius 2 is 1.53 bits per heavy atom. The molecular formula is C24H22F3N3O2. The minimum Gasteiger partial charge on any atom is -0.334 e. The van der Waals surface area contributed by atoms with E-state index in [0.29, 0.717) is 30.3 Å². The Labute approximate surface area is 183 Å². The second-order valence-electron chi connectivity index (χ2n) is 7.15. The van der Waals surface area contributed by atoms with Crippen molar-refractivity contribution in [3.8, 4) is 0 Å². The van der Waals surface area contributed by atoms with E-state index in [1.165, 1.54) is 23.1 Å². The highest BCUT2D eigenvalue weighted by Gasteiger charge is 2.19. The lowest BCUT2D eigenvalue weighted by Crippen LogP contribution is -2.33. The number of amides is 2. The molecule has 8 heteroatoms. The van der Waals surface area contributed by atoms with E-state index in [1.807, 2.05) is 0 Å². The second-order valence-corrected chi connectivity index (χ2v) is 7.15. The molecule has 0 bridgehead atoms. The van der Waals surface area contributed by atoms with E-state index in [1.54, 1.807) is 24.3 Å². The van der Waals surface area contributed by atoms with E-state index in [4.69, 9.17) is 5.73 Å². The number of nitrogens with zero attached hydrogens (tertiary/aromatic N) is 1. The molecule has 0 atom stereocenters. The smallest absolute Gasteiger partial charge is 0.255 e. The van der Waals surface area contributed by atoms with Crippen molar-refractivity contribution in [2.45, 2.75) is 13.0 Å². The molecule has 0 heterocycles. The summed E-state index contributed by atoms with van der Waals surface area (Å²) in [6.07, 6.45) is 0.474. The van der Waals surface area contributed by atoms with Crippen LogP contribution in [-0.2, 0) is 6.54 Å². The molecule has 0 aromatic heterocycles. The summed E-state index contributed by atoms with van der Waals surface area (Å²) in [6.45, 7) is 0.634. The van der Waals surface area contributed by atoms with Crippen molar-refractivity contribution in [1.29, 1.82) is 0 Å². The maximum Gasteiger partial charge on any atom is 0.255 e. The third kappa shape index (κ3) is 5.95. The van der Waals surface area contributed by atoms with Gasteiger partial charge in [-0.05, 0) is 54.9 Å². The molecule has 2 amide bonds. The van der Waals surface area contributed by atoms with Gasteiger partial charge in [0.2, 0.25) is 0 Å². The molecule has 0 spiro atoms. The molecule has 3 aromatic rings. The van der Waals surface area contributed by atoms with Gasteiger partial charge in [0.05, 0.1) is 0 Å². The predicted molar refractivity (Wildman–Crippen MR) is 116 cm³/mol. The summed E-state index contributed by atoms with van der Waals surface area (Å²) in [4.78, 5) is 26.9. The number of carbonyl (C=O) groups is 2. The minimum absolute atomic E-state index is 0.0660. The van der Waals surface area contributed by atoms with Gasteiger partial charge in [0.1, 0.15) is 17.5 Å². The molecule has 0 saturated heterocycles. The SMILES string of the molecule is NCCCN(Cc1ccccc1NC(=O)c1cccc(F)c1)C(=O)c1cc(F)cc(F)c1. The summed E-state index contributed by atoms with van der Waals surface area (Å²) in [5.74, 6) is -3.32. The van der Waals surface area contributed by atoms with Crippen molar-refractivity contribution >= 4 is 17.5 Å². The first-order valence-corrected chi connectivity index (χ1v) is 9.97. The Morgan fingerprint density at radius 1 is 0.844 bits per heavy atom. The molecule has 0 aliphatic rings. The molecule has 166 valence electrons. The van der Waals surface area contributed by atoms with Crippen LogP contribution >= 0.6 is 0 Å². The van der Waals surface area contributed by atoms with Gasteiger partial charge >= 0.3 is 0 Å². The average molecular weight is 441 g/mol. The van der Waals surface area contributed by atoms with Gasteiger partial charge < -0.3 is 16.0 Å². The van der Waals surface area contributed by atoms with Crippen LogP contribution in [0.2, 0.25) is 0 Å². The number of nitrogens with two attached hydrogens (primary N) is 1. The number of halogens is 3. The van der Waals surface area contributed by atoms with Crippen molar-refractivity contribution in [1.82, 2.24) is 4.90 Å². The Kier molecular flexibility index (Phi) is 7.62. The fourth-order valence-corrected chi connectivity index (χ4v) is 3.20. The molecule has 5 nitrogen and oxygen atoms in total. The fraction of sp³-hybridized carbons (Fsp3) is 0.167. The van der Waals surface area contributed by atoms with Crippen molar-refractivity contribution < 1.29 is 22.8 Å². The highest BCUT2D eigenvalue weighted by Crippen LogP contribution is 2.21. The lowest BCUT2D eigenvalue weighted by atomic mass is 10.1. The van der Waals surface area contributed by atoms with Crippen molar-refractivity contribution in [2.75, 3.05) is 18.4 Å². The summed E-state index contributed by atoms with van der Waals surface area (Å²) in [7, 11) is 0. The number of carbonyl (C=O) groups excluding carboxylic acids is 2. The highest BCUT2D eigenvalue weighted by molar-refractivity contribution is 6.04. The van der Waals surface area contributed by atoms with Crippen LogP contribution in [0.25, 0.3) is 0 Å². The van der Waals surface area contributed by atoms with Gasteiger partial charge in [0.15, 0.2) is 0 Å². The first-order valence-electron chi connectivity index (χ1n) is 9.97. The standard InChI is InChI=1S/C24H22F3N3O2/c25-19-7-3-6-16(11-19)23(31)29-22-8-2-1-5-17(22)15-30(10-4-9-28)24(32)18-12-20(26)14-21(27)13-18/h1-3,5-8,11-14H,4,9-10,15,28H2,(H,29,31). The maximum atomic E-state index is 13.6. The number of benzene rings is 3. The largest absolute Gasteiger partial charge is 0.334 e. The van der Waals surface area contributed by atoms with E-state index in [2.05, 4.69) is 5.32 Å². The van der Waals surface area contributed by atoms with Crippen LogP contribution < -0.4 is 11.1 Å². The van der Waals surface area contributed by atoms with E-state index in [0.717, 1.165) is 18.2 Å². The van der Waals surface area contributed by atoms with Crippen LogP contribution in [0, 0.1) is 17.5 Å². The molecule has 0 saturated carbocycles. The first-order chi connectivity index (χ1) is 15.4. The van der Waals surface area contributed by atoms with Gasteiger partial charge in [0, 0.05) is 36.0 Å². The summed E-state index contributed by atoms with van der Waals surface area (Å²) in [5, 5.41) is 2.72. The highest BCUT2D eigenvalue weighted by atomic mass is 19.1. The summed E-state index contributed by atoms with van der Waals surface area (Å²) >= 11 is 0. The number of para-hydroxylation sites is 1. The number of nitrogens with one attached hydrogen (secondary N) is 1. The lowest BCUT2D eigenvalue weighted by molar-refractivity contribution is 0.0741. The number of rotatable bonds is 8. The minimum atomic E-state index is -0.852. The van der Waals surface area contributed by atoms with E-state index in [-0.39, 0.29) is 24.2 Å². The zero-order valence-corrected chi connectivity index (χ0v) is 17.2. The Morgan fingerprint density at radius 3 is 2.22 bits per heavy atom. The Bertz CT molecular complexity index is 1100. The van der Waals surface area contributed by atoms with E-state index in [9.17, 15) is 22.8 Å². The van der Waals surface area contributed by atoms with Gasteiger partial charge in [-0.15, -0.1) is 0 Å². The fourth-order valence-electron chi connectivity index (χ4n) is 3.20. The predicted octanol–water partition coefficient (Wildman–Crippen LogP) is 4.35. The van der Waals surface area contributed by atoms with E-state index >= 15 is 0 Å². The first kappa shape index (κ1) is 23.0. The molecule has 3 aromatic carbocycles. The third-order valence-corrected chi connectivity index (χ3v) is 4.74. The average Bonchev–Trinajstić information content (AvgIpc) is 2.76. The molecular weight excluding hydrogens is 419 g/mol. The van der Waals surface area contributed by atoms with Gasteiger partial charge in [-0.1, -0.05) is 24.3 Å². The maximum absolute atomic E-state index is 13.6. The van der Waals surface area contributed by atoms with Gasteiger partial charge in [-0.25, -0.2) is 13.2 Å². The molecule has 0 unspecified atom stereocenters. The quantitative estimate of drug-likeness (QED) is 0.546. The topological polar surface area (TPSA) is 75.4 Å². The van der Waals surface area contributed by atoms with Crippen LogP contribution in [0.4, 0.5) is 18.9 Å². The van der Waals surface area contributed by atoms with E-state index < -0.39 is 29.3 Å². The van der Waals surface area contributed by atoms with Crippen molar-refractivity contribution in [3.63, 3.8) is 0 Å². The number of anilines is 1. The molecule has 0 radical (unpaired) electrons. The molecule has 0 aliphatic heterocycles. The molecule has 3 N–H and O–H groups in total. The van der Waals surface area contributed by atoms with Crippen molar-refractivity contribution in [2.24, 2.45) is 5.73 Å². The van der Waals surface area contributed by atoms with Gasteiger partial charge in [0.25, 0.3) is 11.8 Å². The van der Waals surface area contributed by atoms with Gasteiger partial charge in [-0.2, -0.15) is 0 Å². The number of hydrogen-bond acceptors (Lipinski definition) is 3. The van der Waals surface area contributed by atoms with Crippen LogP contribution in [0.1, 0.15) is 32.7 Å². The summed E-state index contributed by atoms with van der Waals surface area (Å²) in [6, 6.07) is 14.7. The van der Waals surface area contributed by atoms with Crippen LogP contribution in [0.3, 0.4) is 0 Å². The molecule has 3 rings (SSSR count). The normalized spacial score (nSPS) is 10.6. The summed E-state index contributed by atoms with van der Waals surface area (Å²) < 4.78 is 40.7. The second kappa shape index (κ2) is 10.6. The lowest BCUT2D eigenvalue weighted by Gasteiger charge is -2.24. The molecule has 0 aliphatic carbocycles. The van der Waals surface area contributed by atoms with Crippen LogP contribution in [0.15, 0.2) is 66.7 Å². The Balaban J connectivity index is 1.85. The van der Waals surface area contributed by atoms with Crippen molar-refractivity contribution in [3.05, 3.63) is 101 Å². The zero-order valence-electron chi connectivity index (χ0n) is 17.2. The Hall–Kier alpha value is -3.65. The monoisotopic (exact) mass is 441 g/mol.